The second kappa shape index (κ2) is 10.2. The molecule has 1 amide bonds. The van der Waals surface area contributed by atoms with Crippen LogP contribution in [0.25, 0.3) is 11.0 Å². The van der Waals surface area contributed by atoms with Crippen molar-refractivity contribution in [3.8, 4) is 0 Å². The average molecular weight is 454 g/mol. The highest BCUT2D eigenvalue weighted by atomic mass is 35.5. The van der Waals surface area contributed by atoms with Gasteiger partial charge in [-0.25, -0.2) is 9.67 Å². The fourth-order valence-electron chi connectivity index (χ4n) is 4.04. The number of nitrogens with zero attached hydrogens (tertiary/aromatic N) is 5. The molecule has 1 fully saturated rings. The van der Waals surface area contributed by atoms with Gasteiger partial charge in [-0.15, -0.1) is 29.9 Å². The minimum absolute atomic E-state index is 0. The molecule has 3 aromatic rings. The van der Waals surface area contributed by atoms with E-state index in [-0.39, 0.29) is 36.8 Å². The maximum Gasteiger partial charge on any atom is 0.274 e. The summed E-state index contributed by atoms with van der Waals surface area (Å²) in [6.07, 6.45) is 2.00. The molecule has 1 aliphatic rings. The Kier molecular flexibility index (Phi) is 8.23. The third-order valence-corrected chi connectivity index (χ3v) is 5.53. The van der Waals surface area contributed by atoms with E-state index in [1.807, 2.05) is 36.7 Å². The molecule has 2 aromatic heterocycles. The van der Waals surface area contributed by atoms with Crippen molar-refractivity contribution in [2.45, 2.75) is 52.2 Å². The summed E-state index contributed by atoms with van der Waals surface area (Å²) in [5, 5.41) is 14.8. The molecular formula is C20H29Cl2N7O. The summed E-state index contributed by atoms with van der Waals surface area (Å²) in [6, 6.07) is 8.10. The van der Waals surface area contributed by atoms with Gasteiger partial charge in [0.1, 0.15) is 5.82 Å². The molecule has 1 saturated heterocycles. The lowest BCUT2D eigenvalue weighted by molar-refractivity contribution is 0.0932. The molecule has 4 rings (SSSR count). The van der Waals surface area contributed by atoms with Crippen LogP contribution in [0, 0.1) is 6.92 Å². The average Bonchev–Trinajstić information content (AvgIpc) is 3.29. The number of imidazole rings is 1. The van der Waals surface area contributed by atoms with Crippen molar-refractivity contribution in [1.82, 2.24) is 35.2 Å². The molecule has 164 valence electrons. The Morgan fingerprint density at radius 1 is 1.27 bits per heavy atom. The van der Waals surface area contributed by atoms with Crippen LogP contribution < -0.4 is 10.6 Å². The number of halogens is 2. The standard InChI is InChI=1S/C20H27N7O.2ClH/c1-4-26-17-8-6-5-7-16(17)23-19(26)13(2)22-20(28)18-14(3)27(25-24-18)15-9-11-21-12-10-15;;/h5-8,13,15,21H,4,9-12H2,1-3H3,(H,22,28);2*1H. The number of para-hydroxylation sites is 2. The number of fused-ring (bicyclic) bond motifs is 1. The Morgan fingerprint density at radius 3 is 2.67 bits per heavy atom. The van der Waals surface area contributed by atoms with Gasteiger partial charge in [0.2, 0.25) is 0 Å². The van der Waals surface area contributed by atoms with Gasteiger partial charge in [-0.2, -0.15) is 0 Å². The molecule has 1 aliphatic heterocycles. The number of rotatable bonds is 5. The van der Waals surface area contributed by atoms with Gasteiger partial charge in [0.15, 0.2) is 5.69 Å². The molecule has 1 unspecified atom stereocenters. The van der Waals surface area contributed by atoms with Crippen LogP contribution in [0.4, 0.5) is 0 Å². The summed E-state index contributed by atoms with van der Waals surface area (Å²) in [4.78, 5) is 17.6. The number of carbonyl (C=O) groups excluding carboxylic acids is 1. The predicted octanol–water partition coefficient (Wildman–Crippen LogP) is 3.22. The minimum atomic E-state index is -0.233. The lowest BCUT2D eigenvalue weighted by atomic mass is 10.1. The van der Waals surface area contributed by atoms with Crippen molar-refractivity contribution in [3.05, 3.63) is 41.5 Å². The number of hydrogen-bond acceptors (Lipinski definition) is 5. The first-order chi connectivity index (χ1) is 13.6. The van der Waals surface area contributed by atoms with Crippen molar-refractivity contribution in [2.24, 2.45) is 0 Å². The minimum Gasteiger partial charge on any atom is -0.341 e. The zero-order valence-corrected chi connectivity index (χ0v) is 19.1. The second-order valence-corrected chi connectivity index (χ2v) is 7.35. The highest BCUT2D eigenvalue weighted by molar-refractivity contribution is 5.93. The normalized spacial score (nSPS) is 15.3. The molecule has 0 saturated carbocycles. The van der Waals surface area contributed by atoms with Crippen molar-refractivity contribution < 1.29 is 4.79 Å². The van der Waals surface area contributed by atoms with E-state index < -0.39 is 0 Å². The smallest absolute Gasteiger partial charge is 0.274 e. The zero-order valence-electron chi connectivity index (χ0n) is 17.5. The summed E-state index contributed by atoms with van der Waals surface area (Å²) in [6.45, 7) is 8.69. The van der Waals surface area contributed by atoms with Crippen LogP contribution in [0.1, 0.15) is 60.8 Å². The molecule has 30 heavy (non-hydrogen) atoms. The summed E-state index contributed by atoms with van der Waals surface area (Å²) >= 11 is 0. The number of aryl methyl sites for hydroxylation is 1. The van der Waals surface area contributed by atoms with Gasteiger partial charge in [-0.05, 0) is 58.8 Å². The van der Waals surface area contributed by atoms with Crippen LogP contribution in [0.5, 0.6) is 0 Å². The maximum absolute atomic E-state index is 12.9. The molecule has 8 nitrogen and oxygen atoms in total. The molecule has 1 atom stereocenters. The maximum atomic E-state index is 12.9. The number of nitrogens with one attached hydrogen (secondary N) is 2. The number of hydrogen-bond donors (Lipinski definition) is 2. The molecular weight excluding hydrogens is 425 g/mol. The SMILES string of the molecule is CCn1c(C(C)NC(=O)c2nnn(C3CCNCC3)c2C)nc2ccccc21.Cl.Cl. The Bertz CT molecular complexity index is 994. The molecule has 2 N–H and O–H groups in total. The number of carbonyl (C=O) groups is 1. The van der Waals surface area contributed by atoms with Crippen LogP contribution in [0.15, 0.2) is 24.3 Å². The van der Waals surface area contributed by atoms with Crippen molar-refractivity contribution in [1.29, 1.82) is 0 Å². The fraction of sp³-hybridized carbons (Fsp3) is 0.500. The number of amides is 1. The lowest BCUT2D eigenvalue weighted by Gasteiger charge is -2.23. The largest absolute Gasteiger partial charge is 0.341 e. The quantitative estimate of drug-likeness (QED) is 0.618. The van der Waals surface area contributed by atoms with Crippen LogP contribution in [-0.4, -0.2) is 43.5 Å². The predicted molar refractivity (Wildman–Crippen MR) is 122 cm³/mol. The monoisotopic (exact) mass is 453 g/mol. The zero-order chi connectivity index (χ0) is 19.7. The van der Waals surface area contributed by atoms with E-state index in [4.69, 9.17) is 4.98 Å². The van der Waals surface area contributed by atoms with Gasteiger partial charge in [-0.3, -0.25) is 4.79 Å². The van der Waals surface area contributed by atoms with Crippen LogP contribution in [0.3, 0.4) is 0 Å². The van der Waals surface area contributed by atoms with Gasteiger partial charge >= 0.3 is 0 Å². The van der Waals surface area contributed by atoms with Crippen LogP contribution >= 0.6 is 24.8 Å². The van der Waals surface area contributed by atoms with E-state index in [9.17, 15) is 4.79 Å². The van der Waals surface area contributed by atoms with Crippen molar-refractivity contribution in [2.75, 3.05) is 13.1 Å². The number of piperidine rings is 1. The van der Waals surface area contributed by atoms with E-state index in [2.05, 4.69) is 38.5 Å². The van der Waals surface area contributed by atoms with Gasteiger partial charge in [0.25, 0.3) is 5.91 Å². The summed E-state index contributed by atoms with van der Waals surface area (Å²) < 4.78 is 4.04. The fourth-order valence-corrected chi connectivity index (χ4v) is 4.04. The number of aromatic nitrogens is 5. The van der Waals surface area contributed by atoms with Crippen LogP contribution in [0.2, 0.25) is 0 Å². The Hall–Kier alpha value is -2.16. The van der Waals surface area contributed by atoms with Crippen molar-refractivity contribution in [3.63, 3.8) is 0 Å². The molecule has 0 radical (unpaired) electrons. The summed E-state index contributed by atoms with van der Waals surface area (Å²) in [7, 11) is 0. The Labute approximate surface area is 188 Å². The lowest BCUT2D eigenvalue weighted by Crippen LogP contribution is -2.31. The first kappa shape index (κ1) is 24.1. The Morgan fingerprint density at radius 2 is 1.97 bits per heavy atom. The second-order valence-electron chi connectivity index (χ2n) is 7.35. The van der Waals surface area contributed by atoms with E-state index in [0.29, 0.717) is 11.7 Å². The topological polar surface area (TPSA) is 89.7 Å². The van der Waals surface area contributed by atoms with Crippen molar-refractivity contribution >= 4 is 41.8 Å². The van der Waals surface area contributed by atoms with Gasteiger partial charge < -0.3 is 15.2 Å². The third-order valence-electron chi connectivity index (χ3n) is 5.53. The summed E-state index contributed by atoms with van der Waals surface area (Å²) in [5.41, 5.74) is 3.23. The Balaban J connectivity index is 0.00000160. The molecule has 0 bridgehead atoms. The third kappa shape index (κ3) is 4.45. The first-order valence-electron chi connectivity index (χ1n) is 9.98. The van der Waals surface area contributed by atoms with E-state index in [0.717, 1.165) is 55.0 Å². The molecule has 3 heterocycles. The number of benzene rings is 1. The molecule has 1 aromatic carbocycles. The molecule has 0 spiro atoms. The van der Waals surface area contributed by atoms with Crippen LogP contribution in [-0.2, 0) is 6.54 Å². The molecule has 0 aliphatic carbocycles. The first-order valence-corrected chi connectivity index (χ1v) is 9.98. The summed E-state index contributed by atoms with van der Waals surface area (Å²) in [5.74, 6) is 0.639. The highest BCUT2D eigenvalue weighted by Crippen LogP contribution is 2.23. The van der Waals surface area contributed by atoms with E-state index in [1.54, 1.807) is 0 Å². The highest BCUT2D eigenvalue weighted by Gasteiger charge is 2.25. The van der Waals surface area contributed by atoms with Gasteiger partial charge in [-0.1, -0.05) is 17.3 Å². The van der Waals surface area contributed by atoms with E-state index in [1.165, 1.54) is 0 Å². The van der Waals surface area contributed by atoms with E-state index >= 15 is 0 Å². The van der Waals surface area contributed by atoms with Gasteiger partial charge in [0.05, 0.1) is 28.8 Å². The van der Waals surface area contributed by atoms with Gasteiger partial charge in [0, 0.05) is 6.54 Å². The molecule has 10 heteroatoms.